The first-order valence-corrected chi connectivity index (χ1v) is 7.53. The first kappa shape index (κ1) is 15.1. The Morgan fingerprint density at radius 3 is 2.60 bits per heavy atom. The molecule has 0 unspecified atom stereocenters. The Kier molecular flexibility index (Phi) is 5.23. The molecule has 1 aliphatic heterocycles. The van der Waals surface area contributed by atoms with Gasteiger partial charge in [-0.3, -0.25) is 0 Å². The summed E-state index contributed by atoms with van der Waals surface area (Å²) in [5.74, 6) is -0.255. The fourth-order valence-electron chi connectivity index (χ4n) is 3.26. The molecule has 0 aromatic heterocycles. The third-order valence-corrected chi connectivity index (χ3v) is 4.37. The quantitative estimate of drug-likeness (QED) is 0.661. The molecule has 2 amide bonds. The zero-order valence-electron chi connectivity index (χ0n) is 11.8. The summed E-state index contributed by atoms with van der Waals surface area (Å²) in [6.07, 6.45) is 6.69. The number of nitrogens with zero attached hydrogens (tertiary/aromatic N) is 1. The summed E-state index contributed by atoms with van der Waals surface area (Å²) in [5.41, 5.74) is 0. The van der Waals surface area contributed by atoms with E-state index in [2.05, 4.69) is 5.32 Å². The molecule has 6 nitrogen and oxygen atoms in total. The highest BCUT2D eigenvalue weighted by Gasteiger charge is 2.38. The molecule has 0 aromatic carbocycles. The van der Waals surface area contributed by atoms with Crippen LogP contribution in [-0.4, -0.2) is 52.3 Å². The number of aliphatic hydroxyl groups is 1. The molecule has 6 heteroatoms. The number of amides is 2. The molecule has 0 radical (unpaired) electrons. The topological polar surface area (TPSA) is 89.9 Å². The zero-order valence-corrected chi connectivity index (χ0v) is 11.8. The van der Waals surface area contributed by atoms with Crippen molar-refractivity contribution in [1.29, 1.82) is 0 Å². The molecule has 1 aliphatic carbocycles. The van der Waals surface area contributed by atoms with E-state index in [0.29, 0.717) is 6.54 Å². The van der Waals surface area contributed by atoms with E-state index in [0.717, 1.165) is 18.8 Å². The van der Waals surface area contributed by atoms with Gasteiger partial charge in [0.1, 0.15) is 6.04 Å². The van der Waals surface area contributed by atoms with Crippen LogP contribution in [0.25, 0.3) is 0 Å². The van der Waals surface area contributed by atoms with Crippen molar-refractivity contribution in [2.75, 3.05) is 13.1 Å². The van der Waals surface area contributed by atoms with Gasteiger partial charge in [-0.1, -0.05) is 25.7 Å². The van der Waals surface area contributed by atoms with Crippen molar-refractivity contribution in [3.63, 3.8) is 0 Å². The lowest BCUT2D eigenvalue weighted by molar-refractivity contribution is -0.141. The highest BCUT2D eigenvalue weighted by molar-refractivity contribution is 5.83. The number of nitrogens with one attached hydrogen (secondary N) is 1. The predicted octanol–water partition coefficient (Wildman–Crippen LogP) is 1.19. The number of hydrogen-bond acceptors (Lipinski definition) is 3. The Bertz CT molecular complexity index is 355. The van der Waals surface area contributed by atoms with E-state index < -0.39 is 18.1 Å². The van der Waals surface area contributed by atoms with Crippen LogP contribution in [0.2, 0.25) is 0 Å². The molecular weight excluding hydrogens is 260 g/mol. The van der Waals surface area contributed by atoms with Crippen molar-refractivity contribution >= 4 is 12.0 Å². The highest BCUT2D eigenvalue weighted by atomic mass is 16.4. The lowest BCUT2D eigenvalue weighted by atomic mass is 10.0. The molecular formula is C14H24N2O4. The number of aliphatic carboxylic acids is 1. The Hall–Kier alpha value is -1.30. The molecule has 2 fully saturated rings. The van der Waals surface area contributed by atoms with E-state index in [4.69, 9.17) is 5.11 Å². The minimum absolute atomic E-state index is 0.103. The number of likely N-dealkylation sites (tertiary alicyclic amines) is 1. The fraction of sp³-hybridized carbons (Fsp3) is 0.857. The normalized spacial score (nSPS) is 26.9. The van der Waals surface area contributed by atoms with Gasteiger partial charge in [-0.05, 0) is 18.8 Å². The highest BCUT2D eigenvalue weighted by Crippen LogP contribution is 2.28. The molecule has 0 aromatic rings. The van der Waals surface area contributed by atoms with Crippen molar-refractivity contribution in [3.05, 3.63) is 0 Å². The number of carboxylic acids is 1. The van der Waals surface area contributed by atoms with Crippen LogP contribution in [0.15, 0.2) is 0 Å². The number of β-amino-alcohol motifs (C(OH)–C–C–N with tert-alkyl or cyclic N) is 1. The van der Waals surface area contributed by atoms with E-state index in [1.54, 1.807) is 0 Å². The second-order valence-electron chi connectivity index (χ2n) is 5.92. The number of carbonyl (C=O) groups is 2. The van der Waals surface area contributed by atoms with Crippen molar-refractivity contribution in [1.82, 2.24) is 10.2 Å². The Labute approximate surface area is 119 Å². The van der Waals surface area contributed by atoms with Gasteiger partial charge in [0.05, 0.1) is 6.10 Å². The number of urea groups is 1. The summed E-state index contributed by atoms with van der Waals surface area (Å²) < 4.78 is 0. The monoisotopic (exact) mass is 284 g/mol. The SMILES string of the molecule is O=C(O)[C@H]1C[C@@H](O)CN1C(=O)NCCCC1CCCC1. The van der Waals surface area contributed by atoms with Crippen LogP contribution >= 0.6 is 0 Å². The van der Waals surface area contributed by atoms with E-state index in [1.807, 2.05) is 0 Å². The van der Waals surface area contributed by atoms with E-state index in [1.165, 1.54) is 30.6 Å². The van der Waals surface area contributed by atoms with Crippen LogP contribution < -0.4 is 5.32 Å². The molecule has 114 valence electrons. The number of carbonyl (C=O) groups excluding carboxylic acids is 1. The van der Waals surface area contributed by atoms with Gasteiger partial charge in [0.25, 0.3) is 0 Å². The van der Waals surface area contributed by atoms with E-state index >= 15 is 0 Å². The van der Waals surface area contributed by atoms with Crippen LogP contribution in [0.5, 0.6) is 0 Å². The summed E-state index contributed by atoms with van der Waals surface area (Å²) in [6.45, 7) is 0.680. The number of rotatable bonds is 5. The summed E-state index contributed by atoms with van der Waals surface area (Å²) >= 11 is 0. The number of carboxylic acid groups (broad SMARTS) is 1. The van der Waals surface area contributed by atoms with Crippen molar-refractivity contribution in [2.45, 2.75) is 57.1 Å². The lowest BCUT2D eigenvalue weighted by Gasteiger charge is -2.21. The summed E-state index contributed by atoms with van der Waals surface area (Å²) in [4.78, 5) is 24.2. The molecule has 3 N–H and O–H groups in total. The largest absolute Gasteiger partial charge is 0.480 e. The zero-order chi connectivity index (χ0) is 14.5. The maximum atomic E-state index is 11.9. The average molecular weight is 284 g/mol. The molecule has 20 heavy (non-hydrogen) atoms. The summed E-state index contributed by atoms with van der Waals surface area (Å²) in [6, 6.07) is -1.28. The molecule has 1 saturated heterocycles. The van der Waals surface area contributed by atoms with Crippen LogP contribution in [0.1, 0.15) is 44.9 Å². The van der Waals surface area contributed by atoms with Crippen LogP contribution in [0.4, 0.5) is 4.79 Å². The van der Waals surface area contributed by atoms with Crippen molar-refractivity contribution in [2.24, 2.45) is 5.92 Å². The summed E-state index contributed by atoms with van der Waals surface area (Å²) in [7, 11) is 0. The second kappa shape index (κ2) is 6.92. The molecule has 0 bridgehead atoms. The van der Waals surface area contributed by atoms with E-state index in [-0.39, 0.29) is 19.0 Å². The lowest BCUT2D eigenvalue weighted by Crippen LogP contribution is -2.46. The minimum atomic E-state index is -1.05. The average Bonchev–Trinajstić information content (AvgIpc) is 3.03. The summed E-state index contributed by atoms with van der Waals surface area (Å²) in [5, 5.41) is 21.3. The molecule has 2 atom stereocenters. The molecule has 1 heterocycles. The third kappa shape index (κ3) is 3.85. The fourth-order valence-corrected chi connectivity index (χ4v) is 3.26. The minimum Gasteiger partial charge on any atom is -0.480 e. The number of hydrogen-bond donors (Lipinski definition) is 3. The van der Waals surface area contributed by atoms with E-state index in [9.17, 15) is 14.7 Å². The van der Waals surface area contributed by atoms with Gasteiger partial charge < -0.3 is 20.4 Å². The molecule has 2 aliphatic rings. The molecule has 1 saturated carbocycles. The van der Waals surface area contributed by atoms with Crippen LogP contribution in [-0.2, 0) is 4.79 Å². The second-order valence-corrected chi connectivity index (χ2v) is 5.92. The van der Waals surface area contributed by atoms with Gasteiger partial charge in [-0.2, -0.15) is 0 Å². The Balaban J connectivity index is 1.69. The van der Waals surface area contributed by atoms with Crippen molar-refractivity contribution in [3.8, 4) is 0 Å². The Morgan fingerprint density at radius 1 is 1.25 bits per heavy atom. The van der Waals surface area contributed by atoms with Gasteiger partial charge in [-0.25, -0.2) is 9.59 Å². The smallest absolute Gasteiger partial charge is 0.326 e. The molecule has 0 spiro atoms. The number of aliphatic hydroxyl groups excluding tert-OH is 1. The first-order valence-electron chi connectivity index (χ1n) is 7.53. The van der Waals surface area contributed by atoms with Gasteiger partial charge in [0.2, 0.25) is 0 Å². The van der Waals surface area contributed by atoms with Gasteiger partial charge in [0, 0.05) is 19.5 Å². The van der Waals surface area contributed by atoms with Gasteiger partial charge >= 0.3 is 12.0 Å². The van der Waals surface area contributed by atoms with Gasteiger partial charge in [0.15, 0.2) is 0 Å². The first-order chi connectivity index (χ1) is 9.58. The van der Waals surface area contributed by atoms with Crippen LogP contribution in [0, 0.1) is 5.92 Å². The van der Waals surface area contributed by atoms with Gasteiger partial charge in [-0.15, -0.1) is 0 Å². The van der Waals surface area contributed by atoms with Crippen LogP contribution in [0.3, 0.4) is 0 Å². The molecule has 2 rings (SSSR count). The predicted molar refractivity (Wildman–Crippen MR) is 73.3 cm³/mol. The standard InChI is InChI=1S/C14H24N2O4/c17-11-8-12(13(18)19)16(9-11)14(20)15-7-3-6-10-4-1-2-5-10/h10-12,17H,1-9H2,(H,15,20)(H,18,19)/t11-,12-/m1/s1. The Morgan fingerprint density at radius 2 is 1.95 bits per heavy atom. The van der Waals surface area contributed by atoms with Crippen molar-refractivity contribution < 1.29 is 19.8 Å². The maximum Gasteiger partial charge on any atom is 0.326 e. The maximum absolute atomic E-state index is 11.9. The third-order valence-electron chi connectivity index (χ3n) is 4.37.